The predicted octanol–water partition coefficient (Wildman–Crippen LogP) is 2.80. The fourth-order valence-electron chi connectivity index (χ4n) is 4.87. The van der Waals surface area contributed by atoms with Crippen LogP contribution >= 0.6 is 0 Å². The molecule has 0 N–H and O–H groups in total. The molecule has 1 aromatic heterocycles. The van der Waals surface area contributed by atoms with E-state index in [-0.39, 0.29) is 41.3 Å². The van der Waals surface area contributed by atoms with Gasteiger partial charge >= 0.3 is 0 Å². The van der Waals surface area contributed by atoms with E-state index in [0.29, 0.717) is 19.4 Å². The first kappa shape index (κ1) is 21.2. The quantitative estimate of drug-likeness (QED) is 0.708. The summed E-state index contributed by atoms with van der Waals surface area (Å²) in [7, 11) is -2.92. The van der Waals surface area contributed by atoms with Crippen molar-refractivity contribution in [2.45, 2.75) is 51.6 Å². The van der Waals surface area contributed by atoms with Crippen molar-refractivity contribution in [1.82, 2.24) is 9.78 Å². The molecule has 0 radical (unpaired) electrons. The summed E-state index contributed by atoms with van der Waals surface area (Å²) < 4.78 is 25.3. The fraction of sp³-hybridized carbons (Fsp3) is 0.522. The smallest absolute Gasteiger partial charge is 0.230 e. The number of fused-ring (bicyclic) bond motifs is 1. The molecule has 2 amide bonds. The average Bonchev–Trinajstić information content (AvgIpc) is 3.49. The summed E-state index contributed by atoms with van der Waals surface area (Å²) in [4.78, 5) is 29.0. The summed E-state index contributed by atoms with van der Waals surface area (Å²) in [6.07, 6.45) is 6.74. The third-order valence-corrected chi connectivity index (χ3v) is 8.49. The molecule has 3 heterocycles. The Labute approximate surface area is 188 Å². The van der Waals surface area contributed by atoms with Gasteiger partial charge in [-0.05, 0) is 50.3 Å². The molecule has 9 heteroatoms. The van der Waals surface area contributed by atoms with Gasteiger partial charge in [-0.15, -0.1) is 0 Å². The summed E-state index contributed by atoms with van der Waals surface area (Å²) >= 11 is 0. The van der Waals surface area contributed by atoms with Crippen LogP contribution < -0.4 is 9.80 Å². The maximum atomic E-state index is 13.0. The van der Waals surface area contributed by atoms with Crippen molar-refractivity contribution in [3.05, 3.63) is 30.6 Å². The first-order chi connectivity index (χ1) is 15.2. The van der Waals surface area contributed by atoms with Gasteiger partial charge < -0.3 is 9.80 Å². The normalized spacial score (nSPS) is 23.1. The third-order valence-electron chi connectivity index (χ3n) is 6.78. The maximum Gasteiger partial charge on any atom is 0.230 e. The summed E-state index contributed by atoms with van der Waals surface area (Å²) in [6, 6.07) is 5.84. The Bertz CT molecular complexity index is 1170. The highest BCUT2D eigenvalue weighted by Crippen LogP contribution is 2.42. The minimum absolute atomic E-state index is 0.0370. The van der Waals surface area contributed by atoms with Gasteiger partial charge in [-0.1, -0.05) is 6.07 Å². The van der Waals surface area contributed by atoms with Gasteiger partial charge in [0.25, 0.3) is 0 Å². The summed E-state index contributed by atoms with van der Waals surface area (Å²) in [5.41, 5.74) is 3.36. The van der Waals surface area contributed by atoms with Crippen molar-refractivity contribution >= 4 is 33.0 Å². The van der Waals surface area contributed by atoms with Crippen LogP contribution in [-0.2, 0) is 19.4 Å². The molecular weight excluding hydrogens is 428 g/mol. The lowest BCUT2D eigenvalue weighted by molar-refractivity contribution is -0.120. The minimum atomic E-state index is -2.92. The van der Waals surface area contributed by atoms with Crippen molar-refractivity contribution in [3.63, 3.8) is 0 Å². The molecule has 1 aromatic carbocycles. The average molecular weight is 457 g/mol. The highest BCUT2D eigenvalue weighted by Gasteiger charge is 2.39. The van der Waals surface area contributed by atoms with E-state index in [1.54, 1.807) is 18.0 Å². The number of anilines is 2. The van der Waals surface area contributed by atoms with E-state index >= 15 is 0 Å². The van der Waals surface area contributed by atoms with Gasteiger partial charge in [0.05, 0.1) is 41.2 Å². The number of amides is 2. The lowest BCUT2D eigenvalue weighted by Gasteiger charge is -2.41. The predicted molar refractivity (Wildman–Crippen MR) is 122 cm³/mol. The molecule has 2 aromatic rings. The van der Waals surface area contributed by atoms with Gasteiger partial charge in [0.1, 0.15) is 9.84 Å². The van der Waals surface area contributed by atoms with E-state index in [0.717, 1.165) is 35.3 Å². The van der Waals surface area contributed by atoms with Crippen molar-refractivity contribution in [2.24, 2.45) is 5.92 Å². The van der Waals surface area contributed by atoms with Crippen molar-refractivity contribution in [1.29, 1.82) is 0 Å². The lowest BCUT2D eigenvalue weighted by atomic mass is 10.0. The molecule has 1 atom stereocenters. The molecule has 1 saturated heterocycles. The molecule has 5 rings (SSSR count). The van der Waals surface area contributed by atoms with E-state index in [2.05, 4.69) is 5.10 Å². The number of benzene rings is 1. The second kappa shape index (κ2) is 7.72. The molecule has 0 unspecified atom stereocenters. The standard InChI is InChI=1S/C23H28N4O4S/c1-15-13-25(23(29)17-3-4-17)22-11-18(5-6-21(22)27(15)16(2)28)19-12-24-26(14-19)20-7-9-32(30,31)10-8-20/h5-6,11-12,14-15,17,20H,3-4,7-10,13H2,1-2H3/t15-/m0/s1. The van der Waals surface area contributed by atoms with Crippen LogP contribution in [0.25, 0.3) is 11.1 Å². The monoisotopic (exact) mass is 456 g/mol. The molecule has 8 nitrogen and oxygen atoms in total. The number of hydrogen-bond donors (Lipinski definition) is 0. The number of nitrogens with zero attached hydrogens (tertiary/aromatic N) is 4. The summed E-state index contributed by atoms with van der Waals surface area (Å²) in [5, 5.41) is 4.50. The van der Waals surface area contributed by atoms with Gasteiger partial charge in [-0.2, -0.15) is 5.10 Å². The Balaban J connectivity index is 1.48. The first-order valence-electron chi connectivity index (χ1n) is 11.2. The van der Waals surface area contributed by atoms with Gasteiger partial charge in [0.15, 0.2) is 0 Å². The number of carbonyl (C=O) groups excluding carboxylic acids is 2. The zero-order valence-corrected chi connectivity index (χ0v) is 19.2. The van der Waals surface area contributed by atoms with E-state index < -0.39 is 9.84 Å². The van der Waals surface area contributed by atoms with Gasteiger partial charge in [-0.3, -0.25) is 14.3 Å². The number of aromatic nitrogens is 2. The van der Waals surface area contributed by atoms with Crippen LogP contribution in [0.4, 0.5) is 11.4 Å². The van der Waals surface area contributed by atoms with Crippen LogP contribution in [-0.4, -0.2) is 54.1 Å². The minimum Gasteiger partial charge on any atom is -0.308 e. The van der Waals surface area contributed by atoms with Gasteiger partial charge in [0.2, 0.25) is 11.8 Å². The van der Waals surface area contributed by atoms with Crippen molar-refractivity contribution in [3.8, 4) is 11.1 Å². The second-order valence-corrected chi connectivity index (χ2v) is 11.6. The molecule has 1 aliphatic carbocycles. The van der Waals surface area contributed by atoms with Crippen LogP contribution in [0.2, 0.25) is 0 Å². The Morgan fingerprint density at radius 3 is 2.41 bits per heavy atom. The molecule has 2 aliphatic heterocycles. The van der Waals surface area contributed by atoms with E-state index in [1.807, 2.05) is 40.9 Å². The zero-order chi connectivity index (χ0) is 22.6. The molecule has 32 heavy (non-hydrogen) atoms. The largest absolute Gasteiger partial charge is 0.308 e. The van der Waals surface area contributed by atoms with Crippen LogP contribution in [0, 0.1) is 5.92 Å². The summed E-state index contributed by atoms with van der Waals surface area (Å²) in [5.74, 6) is 0.585. The molecule has 3 aliphatic rings. The zero-order valence-electron chi connectivity index (χ0n) is 18.4. The topological polar surface area (TPSA) is 92.6 Å². The Hall–Kier alpha value is -2.68. The number of carbonyl (C=O) groups is 2. The molecule has 0 bridgehead atoms. The van der Waals surface area contributed by atoms with E-state index in [9.17, 15) is 18.0 Å². The molecular formula is C23H28N4O4S. The van der Waals surface area contributed by atoms with E-state index in [4.69, 9.17) is 0 Å². The van der Waals surface area contributed by atoms with E-state index in [1.165, 1.54) is 0 Å². The number of rotatable bonds is 3. The molecule has 170 valence electrons. The lowest BCUT2D eigenvalue weighted by Crippen LogP contribution is -2.51. The number of sulfone groups is 1. The Kier molecular flexibility index (Phi) is 5.11. The van der Waals surface area contributed by atoms with Crippen molar-refractivity contribution < 1.29 is 18.0 Å². The van der Waals surface area contributed by atoms with Crippen LogP contribution in [0.3, 0.4) is 0 Å². The highest BCUT2D eigenvalue weighted by atomic mass is 32.2. The van der Waals surface area contributed by atoms with Crippen LogP contribution in [0.5, 0.6) is 0 Å². The maximum absolute atomic E-state index is 13.0. The molecule has 1 saturated carbocycles. The summed E-state index contributed by atoms with van der Waals surface area (Å²) in [6.45, 7) is 4.02. The van der Waals surface area contributed by atoms with Crippen molar-refractivity contribution in [2.75, 3.05) is 27.9 Å². The SMILES string of the molecule is CC(=O)N1c2ccc(-c3cnn(C4CCS(=O)(=O)CC4)c3)cc2N(C(=O)C2CC2)C[C@@H]1C. The van der Waals surface area contributed by atoms with Gasteiger partial charge in [-0.25, -0.2) is 8.42 Å². The first-order valence-corrected chi connectivity index (χ1v) is 13.1. The van der Waals surface area contributed by atoms with Crippen LogP contribution in [0.15, 0.2) is 30.6 Å². The Morgan fingerprint density at radius 1 is 1.03 bits per heavy atom. The third kappa shape index (κ3) is 3.83. The molecule has 0 spiro atoms. The second-order valence-electron chi connectivity index (χ2n) is 9.26. The number of hydrogen-bond acceptors (Lipinski definition) is 5. The molecule has 2 fully saturated rings. The van der Waals surface area contributed by atoms with Crippen LogP contribution in [0.1, 0.15) is 45.6 Å². The van der Waals surface area contributed by atoms with Gasteiger partial charge in [0, 0.05) is 31.1 Å². The highest BCUT2D eigenvalue weighted by molar-refractivity contribution is 7.91. The Morgan fingerprint density at radius 2 is 1.75 bits per heavy atom. The fourth-order valence-corrected chi connectivity index (χ4v) is 6.34.